The summed E-state index contributed by atoms with van der Waals surface area (Å²) in [6, 6.07) is 0.907. The lowest BCUT2D eigenvalue weighted by Gasteiger charge is -2.39. The van der Waals surface area contributed by atoms with Crippen molar-refractivity contribution in [3.63, 3.8) is 0 Å². The average molecular weight is 269 g/mol. The molecule has 1 atom stereocenters. The Morgan fingerprint density at radius 2 is 1.72 bits per heavy atom. The van der Waals surface area contributed by atoms with Crippen LogP contribution in [0.3, 0.4) is 0 Å². The second kappa shape index (κ2) is 6.65. The maximum absolute atomic E-state index is 4.65. The second-order valence-electron chi connectivity index (χ2n) is 6.59. The van der Waals surface area contributed by atoms with Crippen LogP contribution >= 0.6 is 12.6 Å². The van der Waals surface area contributed by atoms with Crippen molar-refractivity contribution < 1.29 is 0 Å². The second-order valence-corrected chi connectivity index (χ2v) is 6.91. The molecule has 2 aliphatic rings. The van der Waals surface area contributed by atoms with E-state index >= 15 is 0 Å². The molecule has 1 heterocycles. The lowest BCUT2D eigenvalue weighted by atomic mass is 9.83. The molecule has 106 valence electrons. The van der Waals surface area contributed by atoms with Crippen molar-refractivity contribution in [3.8, 4) is 0 Å². The Kier molecular flexibility index (Phi) is 5.44. The monoisotopic (exact) mass is 269 g/mol. The summed E-state index contributed by atoms with van der Waals surface area (Å²) in [5.74, 6) is 2.06. The van der Waals surface area contributed by atoms with Gasteiger partial charge in [0, 0.05) is 12.6 Å². The Hall–Kier alpha value is 0.310. The van der Waals surface area contributed by atoms with Gasteiger partial charge in [-0.15, -0.1) is 0 Å². The van der Waals surface area contributed by atoms with E-state index in [2.05, 4.69) is 31.4 Å². The van der Waals surface area contributed by atoms with Crippen LogP contribution in [0.15, 0.2) is 0 Å². The van der Waals surface area contributed by atoms with Gasteiger partial charge in [-0.1, -0.05) is 26.7 Å². The Bertz CT molecular complexity index is 235. The highest BCUT2D eigenvalue weighted by Gasteiger charge is 2.37. The standard InChI is InChI=1S/C16H31NS/c1-3-16(4-2,13-18)12-17-11-7-10-15(17)14-8-5-6-9-14/h14-15,18H,3-13H2,1-2H3. The summed E-state index contributed by atoms with van der Waals surface area (Å²) in [7, 11) is 0. The van der Waals surface area contributed by atoms with Gasteiger partial charge in [-0.2, -0.15) is 12.6 Å². The lowest BCUT2D eigenvalue weighted by Crippen LogP contribution is -2.43. The van der Waals surface area contributed by atoms with Crippen molar-refractivity contribution in [3.05, 3.63) is 0 Å². The lowest BCUT2D eigenvalue weighted by molar-refractivity contribution is 0.117. The van der Waals surface area contributed by atoms with Gasteiger partial charge in [-0.25, -0.2) is 0 Å². The van der Waals surface area contributed by atoms with Crippen LogP contribution in [0.2, 0.25) is 0 Å². The Morgan fingerprint density at radius 1 is 1.06 bits per heavy atom. The SMILES string of the molecule is CCC(CC)(CS)CN1CCCC1C1CCCC1. The summed E-state index contributed by atoms with van der Waals surface area (Å²) in [6.45, 7) is 7.34. The van der Waals surface area contributed by atoms with Crippen LogP contribution in [0.5, 0.6) is 0 Å². The maximum Gasteiger partial charge on any atom is 0.0124 e. The summed E-state index contributed by atoms with van der Waals surface area (Å²) in [4.78, 5) is 2.83. The Labute approximate surface area is 119 Å². The number of hydrogen-bond acceptors (Lipinski definition) is 2. The Morgan fingerprint density at radius 3 is 2.28 bits per heavy atom. The summed E-state index contributed by atoms with van der Waals surface area (Å²) >= 11 is 4.65. The molecule has 0 bridgehead atoms. The first-order valence-electron chi connectivity index (χ1n) is 8.09. The van der Waals surface area contributed by atoms with E-state index in [9.17, 15) is 0 Å². The molecule has 1 saturated carbocycles. The van der Waals surface area contributed by atoms with Crippen LogP contribution in [-0.4, -0.2) is 29.8 Å². The molecule has 2 fully saturated rings. The molecule has 0 spiro atoms. The van der Waals surface area contributed by atoms with Gasteiger partial charge in [0.25, 0.3) is 0 Å². The quantitative estimate of drug-likeness (QED) is 0.701. The number of rotatable bonds is 6. The van der Waals surface area contributed by atoms with Crippen LogP contribution in [0.1, 0.15) is 65.2 Å². The van der Waals surface area contributed by atoms with Crippen LogP contribution < -0.4 is 0 Å². The molecule has 0 aromatic rings. The van der Waals surface area contributed by atoms with Gasteiger partial charge in [0.2, 0.25) is 0 Å². The fraction of sp³-hybridized carbons (Fsp3) is 1.00. The zero-order valence-corrected chi connectivity index (χ0v) is 13.2. The van der Waals surface area contributed by atoms with Gasteiger partial charge in [0.1, 0.15) is 0 Å². The van der Waals surface area contributed by atoms with Gasteiger partial charge in [-0.3, -0.25) is 4.90 Å². The minimum absolute atomic E-state index is 0.463. The van der Waals surface area contributed by atoms with Gasteiger partial charge < -0.3 is 0 Å². The molecule has 0 radical (unpaired) electrons. The first-order valence-corrected chi connectivity index (χ1v) is 8.73. The molecule has 2 heteroatoms. The number of nitrogens with zero attached hydrogens (tertiary/aromatic N) is 1. The average Bonchev–Trinajstić information content (AvgIpc) is 3.06. The summed E-state index contributed by atoms with van der Waals surface area (Å²) in [6.07, 6.45) is 11.4. The smallest absolute Gasteiger partial charge is 0.0124 e. The van der Waals surface area contributed by atoms with E-state index in [-0.39, 0.29) is 0 Å². The number of hydrogen-bond donors (Lipinski definition) is 1. The van der Waals surface area contributed by atoms with Crippen LogP contribution in [0.25, 0.3) is 0 Å². The molecule has 1 aliphatic heterocycles. The highest BCUT2D eigenvalue weighted by atomic mass is 32.1. The molecule has 1 nitrogen and oxygen atoms in total. The molecule has 18 heavy (non-hydrogen) atoms. The summed E-state index contributed by atoms with van der Waals surface area (Å²) in [5.41, 5.74) is 0.463. The van der Waals surface area contributed by atoms with E-state index in [0.29, 0.717) is 5.41 Å². The molecular formula is C16H31NS. The third-order valence-electron chi connectivity index (χ3n) is 5.73. The molecule has 1 saturated heterocycles. The van der Waals surface area contributed by atoms with Crippen molar-refractivity contribution in [2.24, 2.45) is 11.3 Å². The molecule has 1 unspecified atom stereocenters. The number of likely N-dealkylation sites (tertiary alicyclic amines) is 1. The number of thiol groups is 1. The molecule has 2 rings (SSSR count). The highest BCUT2D eigenvalue weighted by Crippen LogP contribution is 2.38. The van der Waals surface area contributed by atoms with E-state index in [0.717, 1.165) is 17.7 Å². The minimum Gasteiger partial charge on any atom is -0.300 e. The van der Waals surface area contributed by atoms with Gasteiger partial charge >= 0.3 is 0 Å². The van der Waals surface area contributed by atoms with Crippen LogP contribution in [0, 0.1) is 11.3 Å². The zero-order chi connectivity index (χ0) is 13.0. The topological polar surface area (TPSA) is 3.24 Å². The predicted octanol–water partition coefficient (Wildman–Crippen LogP) is 4.38. The summed E-state index contributed by atoms with van der Waals surface area (Å²) in [5, 5.41) is 0. The predicted molar refractivity (Wildman–Crippen MR) is 83.4 cm³/mol. The van der Waals surface area contributed by atoms with Crippen molar-refractivity contribution in [2.45, 2.75) is 71.3 Å². The van der Waals surface area contributed by atoms with Gasteiger partial charge in [0.15, 0.2) is 0 Å². The first kappa shape index (κ1) is 14.7. The molecule has 0 aromatic heterocycles. The first-order chi connectivity index (χ1) is 8.74. The van der Waals surface area contributed by atoms with E-state index in [1.807, 2.05) is 0 Å². The largest absolute Gasteiger partial charge is 0.300 e. The normalized spacial score (nSPS) is 27.2. The van der Waals surface area contributed by atoms with Crippen molar-refractivity contribution in [1.82, 2.24) is 4.90 Å². The van der Waals surface area contributed by atoms with Crippen molar-refractivity contribution in [2.75, 3.05) is 18.8 Å². The molecule has 0 amide bonds. The van der Waals surface area contributed by atoms with Gasteiger partial charge in [-0.05, 0) is 62.2 Å². The molecule has 1 aliphatic carbocycles. The fourth-order valence-corrected chi connectivity index (χ4v) is 4.65. The van der Waals surface area contributed by atoms with E-state index in [4.69, 9.17) is 0 Å². The fourth-order valence-electron chi connectivity index (χ4n) is 4.10. The highest BCUT2D eigenvalue weighted by molar-refractivity contribution is 7.80. The molecule has 0 aromatic carbocycles. The zero-order valence-electron chi connectivity index (χ0n) is 12.3. The van der Waals surface area contributed by atoms with Crippen LogP contribution in [0.4, 0.5) is 0 Å². The third-order valence-corrected chi connectivity index (χ3v) is 6.40. The van der Waals surface area contributed by atoms with Crippen molar-refractivity contribution in [1.29, 1.82) is 0 Å². The van der Waals surface area contributed by atoms with Crippen molar-refractivity contribution >= 4 is 12.6 Å². The molecular weight excluding hydrogens is 238 g/mol. The maximum atomic E-state index is 4.65. The third kappa shape index (κ3) is 3.07. The van der Waals surface area contributed by atoms with Crippen LogP contribution in [-0.2, 0) is 0 Å². The van der Waals surface area contributed by atoms with E-state index in [1.165, 1.54) is 64.5 Å². The summed E-state index contributed by atoms with van der Waals surface area (Å²) < 4.78 is 0. The van der Waals surface area contributed by atoms with E-state index in [1.54, 1.807) is 0 Å². The van der Waals surface area contributed by atoms with E-state index < -0.39 is 0 Å². The molecule has 0 N–H and O–H groups in total. The van der Waals surface area contributed by atoms with Gasteiger partial charge in [0.05, 0.1) is 0 Å². The Balaban J connectivity index is 1.98. The minimum atomic E-state index is 0.463.